The number of methoxy groups -OCH3 is 1. The van der Waals surface area contributed by atoms with Crippen molar-refractivity contribution in [3.63, 3.8) is 0 Å². The summed E-state index contributed by atoms with van der Waals surface area (Å²) in [6.45, 7) is -0.331. The number of carbonyl (C=O) groups is 2. The predicted octanol–water partition coefficient (Wildman–Crippen LogP) is 3.45. The van der Waals surface area contributed by atoms with Crippen LogP contribution in [0.2, 0.25) is 5.02 Å². The van der Waals surface area contributed by atoms with Crippen molar-refractivity contribution in [1.29, 1.82) is 0 Å². The van der Waals surface area contributed by atoms with E-state index in [0.717, 1.165) is 22.5 Å². The summed E-state index contributed by atoms with van der Waals surface area (Å²) < 4.78 is 33.0. The number of nitrogens with zero attached hydrogens (tertiary/aromatic N) is 2. The summed E-state index contributed by atoms with van der Waals surface area (Å²) in [6, 6.07) is 15.5. The Balaban J connectivity index is 2.15. The van der Waals surface area contributed by atoms with Crippen molar-refractivity contribution in [2.24, 2.45) is 5.73 Å². The quantitative estimate of drug-likeness (QED) is 0.259. The van der Waals surface area contributed by atoms with Gasteiger partial charge in [-0.15, -0.1) is 0 Å². The van der Waals surface area contributed by atoms with Gasteiger partial charge in [-0.2, -0.15) is 4.31 Å². The molecule has 3 rings (SSSR count). The van der Waals surface area contributed by atoms with Gasteiger partial charge in [-0.05, 0) is 35.4 Å². The molecule has 2 N–H and O–H groups in total. The minimum Gasteiger partial charge on any atom is -0.465 e. The molecule has 0 aromatic heterocycles. The highest BCUT2D eigenvalue weighted by atomic mass is 35.5. The largest absolute Gasteiger partial charge is 0.465 e. The van der Waals surface area contributed by atoms with Crippen LogP contribution in [0.25, 0.3) is 0 Å². The van der Waals surface area contributed by atoms with Crippen molar-refractivity contribution in [1.82, 2.24) is 4.31 Å². The van der Waals surface area contributed by atoms with Gasteiger partial charge >= 0.3 is 5.97 Å². The number of hydrogen-bond donors (Lipinski definition) is 1. The molecule has 182 valence electrons. The Morgan fingerprint density at radius 1 is 1.09 bits per heavy atom. The highest BCUT2D eigenvalue weighted by Crippen LogP contribution is 2.33. The lowest BCUT2D eigenvalue weighted by Gasteiger charge is -2.29. The van der Waals surface area contributed by atoms with Crippen LogP contribution in [0, 0.1) is 10.1 Å². The molecule has 0 bridgehead atoms. The fraction of sp³-hybridized carbons (Fsp3) is 0.130. The molecule has 12 heteroatoms. The number of amides is 1. The third-order valence-corrected chi connectivity index (χ3v) is 7.23. The van der Waals surface area contributed by atoms with E-state index in [9.17, 15) is 28.1 Å². The van der Waals surface area contributed by atoms with Crippen molar-refractivity contribution >= 4 is 39.2 Å². The van der Waals surface area contributed by atoms with Crippen molar-refractivity contribution < 1.29 is 27.7 Å². The van der Waals surface area contributed by atoms with E-state index in [1.54, 1.807) is 30.3 Å². The van der Waals surface area contributed by atoms with E-state index in [4.69, 9.17) is 17.3 Å². The molecule has 0 fully saturated rings. The van der Waals surface area contributed by atoms with E-state index in [1.165, 1.54) is 31.4 Å². The number of carbonyl (C=O) groups excluding carboxylic acids is 2. The van der Waals surface area contributed by atoms with Gasteiger partial charge in [0.25, 0.3) is 5.69 Å². The van der Waals surface area contributed by atoms with Crippen LogP contribution in [-0.4, -0.2) is 36.6 Å². The second kappa shape index (κ2) is 10.6. The summed E-state index contributed by atoms with van der Waals surface area (Å²) in [4.78, 5) is 34.4. The van der Waals surface area contributed by atoms with E-state index < -0.39 is 43.4 Å². The first kappa shape index (κ1) is 25.8. The molecule has 0 aliphatic rings. The molecule has 0 radical (unpaired) electrons. The Morgan fingerprint density at radius 2 is 1.71 bits per heavy atom. The average molecular weight is 518 g/mol. The Bertz CT molecular complexity index is 1360. The van der Waals surface area contributed by atoms with Crippen LogP contribution in [0.15, 0.2) is 77.7 Å². The average Bonchev–Trinajstić information content (AvgIpc) is 2.84. The fourth-order valence-corrected chi connectivity index (χ4v) is 5.18. The molecule has 3 aromatic carbocycles. The third-order valence-electron chi connectivity index (χ3n) is 5.11. The van der Waals surface area contributed by atoms with Gasteiger partial charge in [-0.1, -0.05) is 54.1 Å². The highest BCUT2D eigenvalue weighted by molar-refractivity contribution is 7.89. The molecule has 0 heterocycles. The zero-order chi connectivity index (χ0) is 25.8. The first-order chi connectivity index (χ1) is 16.6. The van der Waals surface area contributed by atoms with Crippen LogP contribution in [0.1, 0.15) is 27.5 Å². The lowest BCUT2D eigenvalue weighted by atomic mass is 10.1. The number of ether oxygens (including phenoxy) is 1. The van der Waals surface area contributed by atoms with Gasteiger partial charge < -0.3 is 10.5 Å². The van der Waals surface area contributed by atoms with Gasteiger partial charge in [0.2, 0.25) is 15.9 Å². The van der Waals surface area contributed by atoms with E-state index in [1.807, 2.05) is 0 Å². The number of hydrogen-bond acceptors (Lipinski definition) is 7. The maximum Gasteiger partial charge on any atom is 0.337 e. The van der Waals surface area contributed by atoms with Crippen LogP contribution < -0.4 is 5.73 Å². The summed E-state index contributed by atoms with van der Waals surface area (Å²) in [5, 5.41) is 11.1. The Kier molecular flexibility index (Phi) is 7.85. The van der Waals surface area contributed by atoms with Crippen LogP contribution >= 0.6 is 11.6 Å². The number of sulfonamides is 1. The van der Waals surface area contributed by atoms with Crippen molar-refractivity contribution in [2.45, 2.75) is 17.5 Å². The smallest absolute Gasteiger partial charge is 0.337 e. The number of halogens is 1. The summed E-state index contributed by atoms with van der Waals surface area (Å²) in [5.74, 6) is -1.52. The maximum absolute atomic E-state index is 13.7. The maximum atomic E-state index is 13.7. The van der Waals surface area contributed by atoms with Gasteiger partial charge in [0.1, 0.15) is 11.1 Å². The minimum atomic E-state index is -4.52. The van der Waals surface area contributed by atoms with Gasteiger partial charge in [0.15, 0.2) is 0 Å². The number of benzene rings is 3. The molecular weight excluding hydrogens is 498 g/mol. The van der Waals surface area contributed by atoms with Gasteiger partial charge in [-0.25, -0.2) is 13.2 Å². The molecule has 35 heavy (non-hydrogen) atoms. The van der Waals surface area contributed by atoms with Crippen molar-refractivity contribution in [3.8, 4) is 0 Å². The number of nitrogens with two attached hydrogens (primary N) is 1. The number of rotatable bonds is 9. The molecule has 1 amide bonds. The Morgan fingerprint density at radius 3 is 2.26 bits per heavy atom. The van der Waals surface area contributed by atoms with Crippen LogP contribution in [0.3, 0.4) is 0 Å². The molecular formula is C23H20ClN3O7S. The van der Waals surface area contributed by atoms with Crippen LogP contribution in [-0.2, 0) is 26.1 Å². The molecule has 0 spiro atoms. The second-order valence-corrected chi connectivity index (χ2v) is 9.62. The van der Waals surface area contributed by atoms with E-state index in [-0.39, 0.29) is 17.1 Å². The molecule has 3 aromatic rings. The van der Waals surface area contributed by atoms with E-state index >= 15 is 0 Å². The van der Waals surface area contributed by atoms with Gasteiger partial charge in [0, 0.05) is 12.6 Å². The molecule has 0 aliphatic carbocycles. The summed E-state index contributed by atoms with van der Waals surface area (Å²) >= 11 is 5.85. The topological polar surface area (TPSA) is 150 Å². The molecule has 0 aliphatic heterocycles. The second-order valence-electron chi connectivity index (χ2n) is 7.32. The standard InChI is InChI=1S/C23H20ClN3O7S/c1-34-23(29)17-9-7-15(8-10-17)14-26(21(22(25)28)16-5-3-2-4-6-16)35(32,33)18-11-12-19(24)20(13-18)27(30)31/h2-13,21H,14H2,1H3,(H2,25,28)/t21-/m1/s1. The van der Waals surface area contributed by atoms with Crippen LogP contribution in [0.5, 0.6) is 0 Å². The third kappa shape index (κ3) is 5.65. The van der Waals surface area contributed by atoms with Crippen LogP contribution in [0.4, 0.5) is 5.69 Å². The normalized spacial score (nSPS) is 12.2. The molecule has 1 atom stereocenters. The molecule has 0 saturated heterocycles. The van der Waals surface area contributed by atoms with E-state index in [0.29, 0.717) is 11.1 Å². The molecule has 10 nitrogen and oxygen atoms in total. The summed E-state index contributed by atoms with van der Waals surface area (Å²) in [7, 11) is -3.29. The lowest BCUT2D eigenvalue weighted by Crippen LogP contribution is -2.41. The first-order valence-corrected chi connectivity index (χ1v) is 11.9. The predicted molar refractivity (Wildman–Crippen MR) is 127 cm³/mol. The Hall–Kier alpha value is -3.80. The number of nitro benzene ring substituents is 1. The fourth-order valence-electron chi connectivity index (χ4n) is 3.40. The monoisotopic (exact) mass is 517 g/mol. The minimum absolute atomic E-state index is 0.242. The lowest BCUT2D eigenvalue weighted by molar-refractivity contribution is -0.384. The van der Waals surface area contributed by atoms with Crippen molar-refractivity contribution in [2.75, 3.05) is 7.11 Å². The van der Waals surface area contributed by atoms with Crippen molar-refractivity contribution in [3.05, 3.63) is 105 Å². The SMILES string of the molecule is COC(=O)c1ccc(CN([C@@H](C(N)=O)c2ccccc2)S(=O)(=O)c2ccc(Cl)c([N+](=O)[O-])c2)cc1. The summed E-state index contributed by atoms with van der Waals surface area (Å²) in [6.07, 6.45) is 0. The first-order valence-electron chi connectivity index (χ1n) is 10.0. The summed E-state index contributed by atoms with van der Waals surface area (Å²) in [5.41, 5.74) is 6.01. The highest BCUT2D eigenvalue weighted by Gasteiger charge is 2.37. The number of nitro groups is 1. The van der Waals surface area contributed by atoms with Gasteiger partial charge in [-0.3, -0.25) is 14.9 Å². The number of esters is 1. The zero-order valence-corrected chi connectivity index (χ0v) is 19.9. The zero-order valence-electron chi connectivity index (χ0n) is 18.3. The Labute approximate surface area is 206 Å². The molecule has 0 unspecified atom stereocenters. The van der Waals surface area contributed by atoms with E-state index in [2.05, 4.69) is 4.74 Å². The van der Waals surface area contributed by atoms with Gasteiger partial charge in [0.05, 0.1) is 22.5 Å². The number of primary amides is 1. The molecule has 0 saturated carbocycles.